The third-order valence-corrected chi connectivity index (χ3v) is 4.55. The van der Waals surface area contributed by atoms with Crippen LogP contribution in [0.3, 0.4) is 0 Å². The lowest BCUT2D eigenvalue weighted by atomic mass is 9.94. The van der Waals surface area contributed by atoms with Gasteiger partial charge in [-0.2, -0.15) is 0 Å². The number of benzene rings is 1. The van der Waals surface area contributed by atoms with Gasteiger partial charge in [0, 0.05) is 6.07 Å². The van der Waals surface area contributed by atoms with Crippen molar-refractivity contribution in [3.8, 4) is 0 Å². The van der Waals surface area contributed by atoms with Crippen LogP contribution in [-0.2, 0) is 4.18 Å². The molecule has 1 aromatic rings. The molecule has 1 unspecified atom stereocenters. The number of nitro groups is 2. The summed E-state index contributed by atoms with van der Waals surface area (Å²) in [6.45, 7) is 3.88. The predicted molar refractivity (Wildman–Crippen MR) is 91.9 cm³/mol. The van der Waals surface area contributed by atoms with Gasteiger partial charge in [0.05, 0.1) is 15.9 Å². The first-order chi connectivity index (χ1) is 11.8. The number of carbonyl (C=O) groups is 1. The predicted octanol–water partition coefficient (Wildman–Crippen LogP) is 5.28. The van der Waals surface area contributed by atoms with Gasteiger partial charge >= 0.3 is 6.16 Å². The Labute approximate surface area is 148 Å². The van der Waals surface area contributed by atoms with E-state index in [0.29, 0.717) is 24.0 Å². The van der Waals surface area contributed by atoms with Gasteiger partial charge < -0.3 is 9.29 Å². The Morgan fingerprint density at radius 3 is 2.44 bits per heavy atom. The molecule has 0 aliphatic carbocycles. The molecule has 0 aromatic heterocycles. The summed E-state index contributed by atoms with van der Waals surface area (Å²) in [6, 6.07) is 2.08. The molecule has 9 nitrogen and oxygen atoms in total. The molecule has 0 fully saturated rings. The maximum atomic E-state index is 11.3. The van der Waals surface area contributed by atoms with Crippen molar-refractivity contribution in [2.75, 3.05) is 0 Å². The maximum Gasteiger partial charge on any atom is 0.518 e. The van der Waals surface area contributed by atoms with Gasteiger partial charge in [-0.1, -0.05) is 39.5 Å². The Kier molecular flexibility index (Phi) is 8.12. The second-order valence-electron chi connectivity index (χ2n) is 5.58. The van der Waals surface area contributed by atoms with Crippen LogP contribution in [0.1, 0.15) is 57.4 Å². The Hall–Kier alpha value is -2.36. The molecule has 10 heteroatoms. The maximum absolute atomic E-state index is 11.3. The first kappa shape index (κ1) is 20.7. The Balaban J connectivity index is 3.25. The van der Waals surface area contributed by atoms with Crippen molar-refractivity contribution in [2.24, 2.45) is 0 Å². The monoisotopic (exact) mass is 372 g/mol. The van der Waals surface area contributed by atoms with Crippen LogP contribution in [0.25, 0.3) is 0 Å². The summed E-state index contributed by atoms with van der Waals surface area (Å²) < 4.78 is 4.41. The highest BCUT2D eigenvalue weighted by Crippen LogP contribution is 2.41. The zero-order valence-corrected chi connectivity index (χ0v) is 14.8. The zero-order chi connectivity index (χ0) is 19.0. The van der Waals surface area contributed by atoms with E-state index >= 15 is 0 Å². The lowest BCUT2D eigenvalue weighted by Gasteiger charge is -2.15. The Morgan fingerprint density at radius 1 is 1.24 bits per heavy atom. The summed E-state index contributed by atoms with van der Waals surface area (Å²) in [5, 5.41) is 31.0. The van der Waals surface area contributed by atoms with Gasteiger partial charge in [-0.3, -0.25) is 20.2 Å². The minimum Gasteiger partial charge on any atom is -0.449 e. The normalized spacial score (nSPS) is 11.8. The molecule has 0 amide bonds. The second kappa shape index (κ2) is 9.82. The molecular weight excluding hydrogens is 352 g/mol. The fourth-order valence-electron chi connectivity index (χ4n) is 2.43. The summed E-state index contributed by atoms with van der Waals surface area (Å²) in [7, 11) is 0. The summed E-state index contributed by atoms with van der Waals surface area (Å²) in [5.74, 6) is -0.213. The summed E-state index contributed by atoms with van der Waals surface area (Å²) >= 11 is 0.339. The van der Waals surface area contributed by atoms with Crippen molar-refractivity contribution in [3.63, 3.8) is 0 Å². The van der Waals surface area contributed by atoms with Crippen molar-refractivity contribution >= 4 is 29.6 Å². The highest BCUT2D eigenvalue weighted by Gasteiger charge is 2.28. The van der Waals surface area contributed by atoms with Gasteiger partial charge in [0.2, 0.25) is 0 Å². The number of nitrogens with zero attached hydrogens (tertiary/aromatic N) is 2. The van der Waals surface area contributed by atoms with Crippen molar-refractivity contribution in [2.45, 2.75) is 56.8 Å². The lowest BCUT2D eigenvalue weighted by Crippen LogP contribution is -2.04. The molecule has 1 rings (SSSR count). The number of nitro benzene ring substituents is 2. The van der Waals surface area contributed by atoms with Crippen LogP contribution in [0, 0.1) is 20.2 Å². The smallest absolute Gasteiger partial charge is 0.449 e. The second-order valence-corrected chi connectivity index (χ2v) is 6.32. The fourth-order valence-corrected chi connectivity index (χ4v) is 3.16. The van der Waals surface area contributed by atoms with Gasteiger partial charge in [-0.15, -0.1) is 0 Å². The average molecular weight is 372 g/mol. The van der Waals surface area contributed by atoms with Crippen LogP contribution in [0.4, 0.5) is 16.2 Å². The molecule has 0 aliphatic heterocycles. The third kappa shape index (κ3) is 6.22. The molecular formula is C15H20N2O7S. The molecule has 0 bridgehead atoms. The van der Waals surface area contributed by atoms with E-state index in [1.54, 1.807) is 6.92 Å². The molecule has 1 N–H and O–H groups in total. The molecule has 0 spiro atoms. The third-order valence-electron chi connectivity index (χ3n) is 3.71. The molecule has 0 saturated heterocycles. The van der Waals surface area contributed by atoms with Crippen LogP contribution in [0.15, 0.2) is 17.0 Å². The minimum atomic E-state index is -1.60. The van der Waals surface area contributed by atoms with E-state index in [1.165, 1.54) is 6.07 Å². The molecule has 0 saturated carbocycles. The van der Waals surface area contributed by atoms with Gasteiger partial charge in [0.1, 0.15) is 16.9 Å². The summed E-state index contributed by atoms with van der Waals surface area (Å²) in [4.78, 5) is 31.5. The standard InChI is InChI=1S/C15H20N2O7S/c1-3-4-5-6-7-10(2)12-8-11(16(20)21)9-13(17(22)23)14(12)25-24-15(18)19/h8-10H,3-7H2,1-2H3,(H,18,19). The Morgan fingerprint density at radius 2 is 1.92 bits per heavy atom. The molecule has 1 atom stereocenters. The molecule has 0 aliphatic rings. The number of rotatable bonds is 10. The van der Waals surface area contributed by atoms with Crippen molar-refractivity contribution < 1.29 is 23.9 Å². The van der Waals surface area contributed by atoms with Crippen LogP contribution < -0.4 is 0 Å². The molecule has 1 aromatic carbocycles. The van der Waals surface area contributed by atoms with E-state index in [2.05, 4.69) is 11.1 Å². The van der Waals surface area contributed by atoms with E-state index in [0.717, 1.165) is 31.7 Å². The summed E-state index contributed by atoms with van der Waals surface area (Å²) in [5.41, 5.74) is -0.582. The van der Waals surface area contributed by atoms with Crippen molar-refractivity contribution in [3.05, 3.63) is 37.9 Å². The van der Waals surface area contributed by atoms with E-state index in [9.17, 15) is 25.0 Å². The van der Waals surface area contributed by atoms with Crippen LogP contribution >= 0.6 is 12.0 Å². The highest BCUT2D eigenvalue weighted by atomic mass is 32.2. The van der Waals surface area contributed by atoms with E-state index in [4.69, 9.17) is 5.11 Å². The number of hydrogen-bond acceptors (Lipinski definition) is 7. The zero-order valence-electron chi connectivity index (χ0n) is 14.0. The van der Waals surface area contributed by atoms with Crippen LogP contribution in [0.2, 0.25) is 0 Å². The van der Waals surface area contributed by atoms with Crippen molar-refractivity contribution in [1.82, 2.24) is 0 Å². The Bertz CT molecular complexity index is 651. The van der Waals surface area contributed by atoms with Crippen LogP contribution in [0.5, 0.6) is 0 Å². The van der Waals surface area contributed by atoms with Crippen LogP contribution in [-0.4, -0.2) is 21.1 Å². The summed E-state index contributed by atoms with van der Waals surface area (Å²) in [6.07, 6.45) is 3.06. The lowest BCUT2D eigenvalue weighted by molar-refractivity contribution is -0.396. The van der Waals surface area contributed by atoms with E-state index < -0.39 is 27.4 Å². The number of non-ortho nitro benzene ring substituents is 1. The van der Waals surface area contributed by atoms with Crippen molar-refractivity contribution in [1.29, 1.82) is 0 Å². The fraction of sp³-hybridized carbons (Fsp3) is 0.533. The number of unbranched alkanes of at least 4 members (excludes halogenated alkanes) is 3. The topological polar surface area (TPSA) is 133 Å². The molecule has 138 valence electrons. The molecule has 25 heavy (non-hydrogen) atoms. The molecule has 0 heterocycles. The number of carboxylic acid groups (broad SMARTS) is 1. The van der Waals surface area contributed by atoms with E-state index in [-0.39, 0.29) is 10.8 Å². The first-order valence-electron chi connectivity index (χ1n) is 7.82. The van der Waals surface area contributed by atoms with E-state index in [1.807, 2.05) is 0 Å². The first-order valence-corrected chi connectivity index (χ1v) is 8.56. The average Bonchev–Trinajstić information content (AvgIpc) is 2.55. The highest BCUT2D eigenvalue weighted by molar-refractivity contribution is 7.95. The largest absolute Gasteiger partial charge is 0.518 e. The minimum absolute atomic E-state index is 0.0130. The van der Waals surface area contributed by atoms with Gasteiger partial charge in [-0.25, -0.2) is 4.79 Å². The molecule has 0 radical (unpaired) electrons. The van der Waals surface area contributed by atoms with Gasteiger partial charge in [0.25, 0.3) is 11.4 Å². The quantitative estimate of drug-likeness (QED) is 0.254. The van der Waals surface area contributed by atoms with Gasteiger partial charge in [0.15, 0.2) is 0 Å². The number of hydrogen-bond donors (Lipinski definition) is 1. The van der Waals surface area contributed by atoms with Gasteiger partial charge in [-0.05, 0) is 17.9 Å². The SMILES string of the molecule is CCCCCCC(C)c1cc([N+](=O)[O-])cc([N+](=O)[O-])c1SOC(=O)O.